The van der Waals surface area contributed by atoms with Gasteiger partial charge >= 0.3 is 12.0 Å². The van der Waals surface area contributed by atoms with Crippen molar-refractivity contribution >= 4 is 59.9 Å². The first-order valence-corrected chi connectivity index (χ1v) is 14.5. The average Bonchev–Trinajstić information content (AvgIpc) is 3.26. The molecule has 0 spiro atoms. The van der Waals surface area contributed by atoms with E-state index in [1.54, 1.807) is 52.0 Å². The Morgan fingerprint density at radius 2 is 1.59 bits per heavy atom. The molecule has 0 aromatic heterocycles. The molecule has 1 aromatic rings. The molecule has 0 fully saturated rings. The molecule has 0 saturated heterocycles. The number of carbonyl (C=O) groups excluding carboxylic acids is 7. The molecule has 14 nitrogen and oxygen atoms in total. The van der Waals surface area contributed by atoms with Crippen LogP contribution in [0.2, 0.25) is 0 Å². The Kier molecular flexibility index (Phi) is 13.4. The van der Waals surface area contributed by atoms with Crippen LogP contribution in [-0.2, 0) is 40.1 Å². The SMILES string of the molecule is CC(C)[C@H](NC(=O)CCN1C(=O)C=CC1=O)C(=O)N[C@@H](CCCNC(N)=O)C(=O)Nc1ccc(COC(=O)C(C)(C)S)cc1. The highest BCUT2D eigenvalue weighted by Crippen LogP contribution is 2.17. The number of urea groups is 1. The Morgan fingerprint density at radius 3 is 2.14 bits per heavy atom. The number of rotatable bonds is 16. The third-order valence-corrected chi connectivity index (χ3v) is 6.60. The number of hydrogen-bond acceptors (Lipinski definition) is 9. The Labute approximate surface area is 261 Å². The zero-order valence-electron chi connectivity index (χ0n) is 25.2. The van der Waals surface area contributed by atoms with E-state index in [-0.39, 0.29) is 38.5 Å². The summed E-state index contributed by atoms with van der Waals surface area (Å²) in [4.78, 5) is 86.5. The number of primary amides is 1. The molecule has 1 heterocycles. The van der Waals surface area contributed by atoms with Crippen molar-refractivity contribution in [3.8, 4) is 0 Å². The zero-order valence-corrected chi connectivity index (χ0v) is 26.1. The minimum atomic E-state index is -1.04. The van der Waals surface area contributed by atoms with Gasteiger partial charge in [-0.25, -0.2) is 4.79 Å². The van der Waals surface area contributed by atoms with Crippen molar-refractivity contribution in [1.29, 1.82) is 0 Å². The molecule has 0 unspecified atom stereocenters. The second-order valence-electron chi connectivity index (χ2n) is 11.0. The summed E-state index contributed by atoms with van der Waals surface area (Å²) in [6.07, 6.45) is 2.46. The van der Waals surface area contributed by atoms with Gasteiger partial charge in [0.15, 0.2) is 0 Å². The van der Waals surface area contributed by atoms with E-state index >= 15 is 0 Å². The number of ether oxygens (including phenoxy) is 1. The van der Waals surface area contributed by atoms with E-state index in [2.05, 4.69) is 33.9 Å². The standard InChI is InChI=1S/C29H40N6O8S/c1-17(2)24(34-21(36)13-15-35-22(37)11-12-23(35)38)26(40)33-20(6-5-14-31-28(30)42)25(39)32-19-9-7-18(8-10-19)16-43-27(41)29(3,4)44/h7-12,17,20,24,44H,5-6,13-16H2,1-4H3,(H,32,39)(H,33,40)(H,34,36)(H3,30,31,42)/t20-,24-/m0/s1. The molecule has 0 radical (unpaired) electrons. The number of nitrogens with zero attached hydrogens (tertiary/aromatic N) is 1. The van der Waals surface area contributed by atoms with Crippen LogP contribution < -0.4 is 27.0 Å². The Balaban J connectivity index is 2.04. The minimum absolute atomic E-state index is 0.0203. The first-order chi connectivity index (χ1) is 20.6. The molecule has 7 amide bonds. The molecule has 0 bridgehead atoms. The summed E-state index contributed by atoms with van der Waals surface area (Å²) in [5.74, 6) is -3.59. The van der Waals surface area contributed by atoms with Gasteiger partial charge in [-0.15, -0.1) is 0 Å². The molecule has 0 saturated carbocycles. The summed E-state index contributed by atoms with van der Waals surface area (Å²) in [5.41, 5.74) is 6.21. The third kappa shape index (κ3) is 11.7. The molecule has 15 heteroatoms. The number of benzene rings is 1. The smallest absolute Gasteiger partial charge is 0.321 e. The second kappa shape index (κ2) is 16.4. The largest absolute Gasteiger partial charge is 0.460 e. The lowest BCUT2D eigenvalue weighted by Crippen LogP contribution is -2.54. The van der Waals surface area contributed by atoms with Crippen LogP contribution in [0.25, 0.3) is 0 Å². The summed E-state index contributed by atoms with van der Waals surface area (Å²) in [5, 5.41) is 10.5. The fourth-order valence-electron chi connectivity index (χ4n) is 3.93. The number of imide groups is 1. The van der Waals surface area contributed by atoms with Crippen molar-refractivity contribution < 1.29 is 38.3 Å². The van der Waals surface area contributed by atoms with E-state index in [0.29, 0.717) is 17.7 Å². The van der Waals surface area contributed by atoms with Crippen molar-refractivity contribution in [3.63, 3.8) is 0 Å². The van der Waals surface area contributed by atoms with Gasteiger partial charge < -0.3 is 31.7 Å². The van der Waals surface area contributed by atoms with E-state index in [0.717, 1.165) is 17.1 Å². The lowest BCUT2D eigenvalue weighted by molar-refractivity contribution is -0.147. The molecule has 2 rings (SSSR count). The molecular formula is C29H40N6O8S. The molecule has 6 N–H and O–H groups in total. The number of amides is 7. The summed E-state index contributed by atoms with van der Waals surface area (Å²) in [6, 6.07) is 3.78. The molecule has 0 aliphatic carbocycles. The molecule has 240 valence electrons. The monoisotopic (exact) mass is 632 g/mol. The van der Waals surface area contributed by atoms with E-state index in [9.17, 15) is 33.6 Å². The normalized spacial score (nSPS) is 14.2. The predicted molar refractivity (Wildman–Crippen MR) is 164 cm³/mol. The fraction of sp³-hybridized carbons (Fsp3) is 0.483. The number of thiol groups is 1. The topological polar surface area (TPSA) is 206 Å². The summed E-state index contributed by atoms with van der Waals surface area (Å²) in [7, 11) is 0. The molecule has 1 aliphatic heterocycles. The van der Waals surface area contributed by atoms with Gasteiger partial charge in [0, 0.05) is 37.3 Å². The molecule has 1 aliphatic rings. The Bertz CT molecular complexity index is 1260. The average molecular weight is 633 g/mol. The third-order valence-electron chi connectivity index (χ3n) is 6.42. The van der Waals surface area contributed by atoms with Gasteiger partial charge in [0.25, 0.3) is 11.8 Å². The van der Waals surface area contributed by atoms with Gasteiger partial charge in [-0.2, -0.15) is 12.6 Å². The second-order valence-corrected chi connectivity index (χ2v) is 12.1. The maximum Gasteiger partial charge on any atom is 0.321 e. The highest BCUT2D eigenvalue weighted by molar-refractivity contribution is 7.82. The van der Waals surface area contributed by atoms with Crippen molar-refractivity contribution in [1.82, 2.24) is 20.9 Å². The maximum atomic E-state index is 13.3. The van der Waals surface area contributed by atoms with E-state index < -0.39 is 58.4 Å². The molecule has 44 heavy (non-hydrogen) atoms. The maximum absolute atomic E-state index is 13.3. The van der Waals surface area contributed by atoms with Crippen LogP contribution in [0.5, 0.6) is 0 Å². The van der Waals surface area contributed by atoms with E-state index in [4.69, 9.17) is 10.5 Å². The molecule has 1 aromatic carbocycles. The minimum Gasteiger partial charge on any atom is -0.460 e. The van der Waals surface area contributed by atoms with Crippen LogP contribution in [0.3, 0.4) is 0 Å². The van der Waals surface area contributed by atoms with Crippen molar-refractivity contribution in [2.75, 3.05) is 18.4 Å². The lowest BCUT2D eigenvalue weighted by Gasteiger charge is -2.25. The predicted octanol–water partition coefficient (Wildman–Crippen LogP) is 0.766. The first-order valence-electron chi connectivity index (χ1n) is 14.0. The van der Waals surface area contributed by atoms with E-state index in [1.807, 2.05) is 0 Å². The number of carbonyl (C=O) groups is 7. The highest BCUT2D eigenvalue weighted by Gasteiger charge is 2.30. The molecule has 2 atom stereocenters. The summed E-state index contributed by atoms with van der Waals surface area (Å²) in [6.45, 7) is 6.70. The van der Waals surface area contributed by atoms with Gasteiger partial charge in [0.2, 0.25) is 17.7 Å². The van der Waals surface area contributed by atoms with Gasteiger partial charge in [-0.05, 0) is 50.3 Å². The number of nitrogens with one attached hydrogen (secondary N) is 4. The van der Waals surface area contributed by atoms with Gasteiger partial charge in [-0.3, -0.25) is 33.7 Å². The number of nitrogens with two attached hydrogens (primary N) is 1. The lowest BCUT2D eigenvalue weighted by atomic mass is 10.0. The summed E-state index contributed by atoms with van der Waals surface area (Å²) < 4.78 is 4.29. The number of anilines is 1. The molecular weight excluding hydrogens is 592 g/mol. The van der Waals surface area contributed by atoms with Crippen LogP contribution in [-0.4, -0.2) is 76.4 Å². The van der Waals surface area contributed by atoms with Crippen LogP contribution in [0.4, 0.5) is 10.5 Å². The number of esters is 1. The fourth-order valence-corrected chi connectivity index (χ4v) is 4.00. The van der Waals surface area contributed by atoms with Crippen LogP contribution in [0.15, 0.2) is 36.4 Å². The first kappa shape index (κ1) is 35.8. The van der Waals surface area contributed by atoms with Crippen molar-refractivity contribution in [3.05, 3.63) is 42.0 Å². The number of hydrogen-bond donors (Lipinski definition) is 6. The van der Waals surface area contributed by atoms with Crippen LogP contribution >= 0.6 is 12.6 Å². The van der Waals surface area contributed by atoms with Gasteiger partial charge in [0.1, 0.15) is 23.4 Å². The van der Waals surface area contributed by atoms with Crippen molar-refractivity contribution in [2.24, 2.45) is 11.7 Å². The van der Waals surface area contributed by atoms with Gasteiger partial charge in [-0.1, -0.05) is 26.0 Å². The van der Waals surface area contributed by atoms with E-state index in [1.165, 1.54) is 0 Å². The van der Waals surface area contributed by atoms with Crippen molar-refractivity contribution in [2.45, 2.75) is 70.4 Å². The highest BCUT2D eigenvalue weighted by atomic mass is 32.1. The van der Waals surface area contributed by atoms with Gasteiger partial charge in [0.05, 0.1) is 0 Å². The Hall–Kier alpha value is -4.40. The summed E-state index contributed by atoms with van der Waals surface area (Å²) >= 11 is 4.18. The van der Waals surface area contributed by atoms with Crippen LogP contribution in [0, 0.1) is 5.92 Å². The van der Waals surface area contributed by atoms with Crippen LogP contribution in [0.1, 0.15) is 52.5 Å². The Morgan fingerprint density at radius 1 is 0.977 bits per heavy atom. The zero-order chi connectivity index (χ0) is 33.0. The quantitative estimate of drug-likeness (QED) is 0.0663.